The van der Waals surface area contributed by atoms with Crippen LogP contribution in [0.15, 0.2) is 58.0 Å². The van der Waals surface area contributed by atoms with Crippen molar-refractivity contribution < 1.29 is 14.1 Å². The van der Waals surface area contributed by atoms with Crippen molar-refractivity contribution >= 4 is 40.4 Å². The summed E-state index contributed by atoms with van der Waals surface area (Å²) in [7, 11) is 0. The number of amides is 1. The fraction of sp³-hybridized carbons (Fsp3) is 0. The van der Waals surface area contributed by atoms with Gasteiger partial charge in [0.25, 0.3) is 5.69 Å². The number of carbonyl (C=O) groups is 1. The highest BCUT2D eigenvalue weighted by Gasteiger charge is 2.11. The van der Waals surface area contributed by atoms with Gasteiger partial charge in [-0.05, 0) is 18.2 Å². The number of halogens is 1. The van der Waals surface area contributed by atoms with E-state index in [1.807, 2.05) is 12.1 Å². The molecule has 7 nitrogen and oxygen atoms in total. The lowest BCUT2D eigenvalue weighted by Crippen LogP contribution is -2.16. The van der Waals surface area contributed by atoms with Crippen molar-refractivity contribution in [2.75, 3.05) is 0 Å². The monoisotopic (exact) mass is 343 g/mol. The number of nitro groups is 1. The molecule has 3 rings (SSSR count). The summed E-state index contributed by atoms with van der Waals surface area (Å²) in [5, 5.41) is 15.6. The van der Waals surface area contributed by atoms with Gasteiger partial charge < -0.3 is 4.42 Å². The molecule has 8 heteroatoms. The summed E-state index contributed by atoms with van der Waals surface area (Å²) in [6, 6.07) is 12.7. The first-order valence-electron chi connectivity index (χ1n) is 6.80. The molecular formula is C16H10ClN3O4. The predicted molar refractivity (Wildman–Crippen MR) is 89.4 cm³/mol. The number of carbonyl (C=O) groups excluding carboxylic acids is 1. The standard InChI is InChI=1S/C16H10ClN3O4/c17-13-6-5-12(20(22)23)7-11(13)9-18-19-16(21)15-8-10-3-1-2-4-14(10)24-15/h1-9H,(H,19,21)/b18-9-. The number of hydrogen-bond acceptors (Lipinski definition) is 5. The Hall–Kier alpha value is -3.19. The van der Waals surface area contributed by atoms with Gasteiger partial charge in [0.05, 0.1) is 11.1 Å². The number of rotatable bonds is 4. The van der Waals surface area contributed by atoms with Crippen LogP contribution >= 0.6 is 11.6 Å². The van der Waals surface area contributed by atoms with Crippen molar-refractivity contribution in [2.24, 2.45) is 5.10 Å². The highest BCUT2D eigenvalue weighted by molar-refractivity contribution is 6.33. The van der Waals surface area contributed by atoms with E-state index in [0.29, 0.717) is 11.1 Å². The highest BCUT2D eigenvalue weighted by atomic mass is 35.5. The van der Waals surface area contributed by atoms with Gasteiger partial charge >= 0.3 is 5.91 Å². The molecule has 0 fully saturated rings. The van der Waals surface area contributed by atoms with E-state index in [-0.39, 0.29) is 16.5 Å². The smallest absolute Gasteiger partial charge is 0.307 e. The van der Waals surface area contributed by atoms with E-state index in [4.69, 9.17) is 16.0 Å². The summed E-state index contributed by atoms with van der Waals surface area (Å²) in [6.45, 7) is 0. The van der Waals surface area contributed by atoms with Crippen LogP contribution in [0.1, 0.15) is 16.1 Å². The van der Waals surface area contributed by atoms with Gasteiger partial charge in [0.15, 0.2) is 5.76 Å². The molecule has 0 atom stereocenters. The van der Waals surface area contributed by atoms with Crippen LogP contribution in [0.4, 0.5) is 5.69 Å². The largest absolute Gasteiger partial charge is 0.451 e. The van der Waals surface area contributed by atoms with Crippen molar-refractivity contribution in [1.29, 1.82) is 0 Å². The molecule has 0 unspecified atom stereocenters. The maximum atomic E-state index is 12.0. The Morgan fingerprint density at radius 3 is 2.79 bits per heavy atom. The van der Waals surface area contributed by atoms with E-state index in [1.165, 1.54) is 24.4 Å². The third kappa shape index (κ3) is 3.26. The van der Waals surface area contributed by atoms with Gasteiger partial charge in [-0.2, -0.15) is 5.10 Å². The van der Waals surface area contributed by atoms with Crippen LogP contribution in [-0.4, -0.2) is 17.0 Å². The first kappa shape index (κ1) is 15.7. The molecule has 0 radical (unpaired) electrons. The fourth-order valence-electron chi connectivity index (χ4n) is 2.05. The summed E-state index contributed by atoms with van der Waals surface area (Å²) in [4.78, 5) is 22.2. The Labute approximate surface area is 140 Å². The topological polar surface area (TPSA) is 97.7 Å². The zero-order chi connectivity index (χ0) is 17.1. The molecule has 3 aromatic rings. The maximum absolute atomic E-state index is 12.0. The molecule has 2 aromatic carbocycles. The number of fused-ring (bicyclic) bond motifs is 1. The van der Waals surface area contributed by atoms with Crippen molar-refractivity contribution in [2.45, 2.75) is 0 Å². The van der Waals surface area contributed by atoms with Gasteiger partial charge in [-0.15, -0.1) is 0 Å². The van der Waals surface area contributed by atoms with Gasteiger partial charge in [0.1, 0.15) is 5.58 Å². The van der Waals surface area contributed by atoms with E-state index in [9.17, 15) is 14.9 Å². The summed E-state index contributed by atoms with van der Waals surface area (Å²) in [5.74, 6) is -0.428. The Bertz CT molecular complexity index is 932. The molecule has 120 valence electrons. The number of nitro benzene ring substituents is 1. The van der Waals surface area contributed by atoms with Crippen LogP contribution in [0, 0.1) is 10.1 Å². The molecule has 0 aliphatic rings. The molecule has 0 saturated carbocycles. The number of nitrogens with zero attached hydrogens (tertiary/aromatic N) is 2. The molecule has 0 spiro atoms. The number of hydrogen-bond donors (Lipinski definition) is 1. The van der Waals surface area contributed by atoms with Crippen LogP contribution in [0.5, 0.6) is 0 Å². The minimum absolute atomic E-state index is 0.110. The van der Waals surface area contributed by atoms with Gasteiger partial charge in [-0.3, -0.25) is 14.9 Å². The zero-order valence-corrected chi connectivity index (χ0v) is 12.9. The number of para-hydroxylation sites is 1. The van der Waals surface area contributed by atoms with Gasteiger partial charge in [-0.1, -0.05) is 29.8 Å². The normalized spacial score (nSPS) is 11.0. The van der Waals surface area contributed by atoms with Crippen molar-refractivity contribution in [3.63, 3.8) is 0 Å². The lowest BCUT2D eigenvalue weighted by molar-refractivity contribution is -0.384. The average molecular weight is 344 g/mol. The Kier molecular flexibility index (Phi) is 4.26. The highest BCUT2D eigenvalue weighted by Crippen LogP contribution is 2.21. The summed E-state index contributed by atoms with van der Waals surface area (Å²) in [5.41, 5.74) is 3.08. The maximum Gasteiger partial charge on any atom is 0.307 e. The number of benzene rings is 2. The van der Waals surface area contributed by atoms with E-state index in [2.05, 4.69) is 10.5 Å². The van der Waals surface area contributed by atoms with Gasteiger partial charge in [-0.25, -0.2) is 5.43 Å². The lowest BCUT2D eigenvalue weighted by atomic mass is 10.2. The van der Waals surface area contributed by atoms with Gasteiger partial charge in [0.2, 0.25) is 0 Å². The molecule has 0 saturated heterocycles. The van der Waals surface area contributed by atoms with Crippen molar-refractivity contribution in [1.82, 2.24) is 5.43 Å². The van der Waals surface area contributed by atoms with E-state index in [1.54, 1.807) is 18.2 Å². The summed E-state index contributed by atoms with van der Waals surface area (Å²) in [6.07, 6.45) is 1.23. The van der Waals surface area contributed by atoms with E-state index < -0.39 is 10.8 Å². The molecule has 1 aromatic heterocycles. The number of hydrazone groups is 1. The molecule has 1 amide bonds. The molecule has 1 N–H and O–H groups in total. The van der Waals surface area contributed by atoms with Crippen LogP contribution < -0.4 is 5.43 Å². The molecule has 0 bridgehead atoms. The number of furan rings is 1. The Balaban J connectivity index is 1.75. The number of non-ortho nitro benzene ring substituents is 1. The minimum atomic E-state index is -0.541. The zero-order valence-electron chi connectivity index (χ0n) is 12.1. The molecule has 0 aliphatic carbocycles. The number of nitrogens with one attached hydrogen (secondary N) is 1. The van der Waals surface area contributed by atoms with Crippen LogP contribution in [-0.2, 0) is 0 Å². The molecule has 1 heterocycles. The Morgan fingerprint density at radius 2 is 2.04 bits per heavy atom. The van der Waals surface area contributed by atoms with E-state index in [0.717, 1.165) is 5.39 Å². The molecular weight excluding hydrogens is 334 g/mol. The van der Waals surface area contributed by atoms with E-state index >= 15 is 0 Å². The average Bonchev–Trinajstić information content (AvgIpc) is 3.00. The first-order chi connectivity index (χ1) is 11.5. The first-order valence-corrected chi connectivity index (χ1v) is 7.18. The van der Waals surface area contributed by atoms with Gasteiger partial charge in [0, 0.05) is 28.1 Å². The third-order valence-corrected chi connectivity index (χ3v) is 3.55. The Morgan fingerprint density at radius 1 is 1.25 bits per heavy atom. The van der Waals surface area contributed by atoms with Crippen molar-refractivity contribution in [3.8, 4) is 0 Å². The quantitative estimate of drug-likeness (QED) is 0.443. The second-order valence-electron chi connectivity index (χ2n) is 4.81. The second kappa shape index (κ2) is 6.51. The van der Waals surface area contributed by atoms with Crippen LogP contribution in [0.25, 0.3) is 11.0 Å². The SMILES string of the molecule is O=C(N/N=C\c1cc([N+](=O)[O-])ccc1Cl)c1cc2ccccc2o1. The molecule has 0 aliphatic heterocycles. The van der Waals surface area contributed by atoms with Crippen LogP contribution in [0.2, 0.25) is 5.02 Å². The second-order valence-corrected chi connectivity index (χ2v) is 5.22. The third-order valence-electron chi connectivity index (χ3n) is 3.21. The minimum Gasteiger partial charge on any atom is -0.451 e. The van der Waals surface area contributed by atoms with Crippen molar-refractivity contribution in [3.05, 3.63) is 75.0 Å². The lowest BCUT2D eigenvalue weighted by Gasteiger charge is -1.98. The molecule has 24 heavy (non-hydrogen) atoms. The fourth-order valence-corrected chi connectivity index (χ4v) is 2.22. The summed E-state index contributed by atoms with van der Waals surface area (Å²) < 4.78 is 5.41. The summed E-state index contributed by atoms with van der Waals surface area (Å²) >= 11 is 5.94. The predicted octanol–water partition coefficient (Wildman–Crippen LogP) is 3.76. The van der Waals surface area contributed by atoms with Crippen LogP contribution in [0.3, 0.4) is 0 Å².